The van der Waals surface area contributed by atoms with Crippen molar-refractivity contribution >= 4 is 0 Å². The van der Waals surface area contributed by atoms with E-state index in [1.54, 1.807) is 6.92 Å². The molecule has 0 aromatic heterocycles. The van der Waals surface area contributed by atoms with Crippen LogP contribution in [0.4, 0.5) is 0 Å². The standard InChI is InChI=1S/C3H4.C2H5.W.Y/c1-3-2;1-2;;/h1,3H,2H2;1H2,2H3;;/q-2;-1;;. The van der Waals surface area contributed by atoms with Crippen molar-refractivity contribution in [3.8, 4) is 0 Å². The van der Waals surface area contributed by atoms with Gasteiger partial charge < -0.3 is 26.5 Å². The minimum atomic E-state index is 0. The van der Waals surface area contributed by atoms with Crippen LogP contribution in [0.5, 0.6) is 0 Å². The summed E-state index contributed by atoms with van der Waals surface area (Å²) in [5.74, 6) is 0. The Morgan fingerprint density at radius 3 is 1.43 bits per heavy atom. The maximum absolute atomic E-state index is 4.61. The van der Waals surface area contributed by atoms with E-state index >= 15 is 0 Å². The molecule has 0 fully saturated rings. The molecule has 0 nitrogen and oxygen atoms in total. The summed E-state index contributed by atoms with van der Waals surface area (Å²) in [7, 11) is 0. The van der Waals surface area contributed by atoms with Crippen LogP contribution in [0.3, 0.4) is 0 Å². The van der Waals surface area contributed by atoms with E-state index < -0.39 is 0 Å². The predicted octanol–water partition coefficient (Wildman–Crippen LogP) is 1.65. The molecule has 0 aliphatic heterocycles. The first-order valence-electron chi connectivity index (χ1n) is 1.45. The van der Waals surface area contributed by atoms with Gasteiger partial charge in [-0.25, -0.2) is 0 Å². The van der Waals surface area contributed by atoms with Crippen molar-refractivity contribution < 1.29 is 53.8 Å². The average molecular weight is 342 g/mol. The van der Waals surface area contributed by atoms with Gasteiger partial charge in [-0.2, -0.15) is 6.92 Å². The molecule has 1 radical (unpaired) electrons. The van der Waals surface area contributed by atoms with E-state index in [4.69, 9.17) is 0 Å². The van der Waals surface area contributed by atoms with Gasteiger partial charge in [0.25, 0.3) is 0 Å². The molecule has 0 atom stereocenters. The van der Waals surface area contributed by atoms with Crippen molar-refractivity contribution in [1.82, 2.24) is 0 Å². The van der Waals surface area contributed by atoms with Crippen molar-refractivity contribution in [1.29, 1.82) is 0 Å². The zero-order valence-electron chi connectivity index (χ0n) is 4.55. The fourth-order valence-electron chi connectivity index (χ4n) is 0. The van der Waals surface area contributed by atoms with Gasteiger partial charge in [0.1, 0.15) is 0 Å². The Labute approximate surface area is 86.3 Å². The second-order valence-corrected chi connectivity index (χ2v) is 0.236. The van der Waals surface area contributed by atoms with Crippen LogP contribution in [0.2, 0.25) is 0 Å². The van der Waals surface area contributed by atoms with Crippen LogP contribution in [0, 0.1) is 20.4 Å². The molecule has 0 bridgehead atoms. The maximum Gasteiger partial charge on any atom is 0 e. The number of allylic oxidation sites excluding steroid dienone is 1. The minimum absolute atomic E-state index is 0. The van der Waals surface area contributed by atoms with Gasteiger partial charge in [0, 0.05) is 53.8 Å². The predicted molar refractivity (Wildman–Crippen MR) is 25.3 cm³/mol. The third-order valence-corrected chi connectivity index (χ3v) is 0. The molecule has 7 heavy (non-hydrogen) atoms. The van der Waals surface area contributed by atoms with Crippen molar-refractivity contribution in [3.05, 3.63) is 26.5 Å². The fraction of sp³-hybridized carbons (Fsp3) is 0.200. The molecule has 0 unspecified atom stereocenters. The first-order valence-corrected chi connectivity index (χ1v) is 1.45. The molecule has 0 spiro atoms. The normalized spacial score (nSPS) is 2.57. The Balaban J connectivity index is -0.0000000105. The van der Waals surface area contributed by atoms with E-state index in [0.29, 0.717) is 0 Å². The Morgan fingerprint density at radius 1 is 1.43 bits per heavy atom. The van der Waals surface area contributed by atoms with E-state index in [0.717, 1.165) is 0 Å². The van der Waals surface area contributed by atoms with Gasteiger partial charge in [0.05, 0.1) is 0 Å². The summed E-state index contributed by atoms with van der Waals surface area (Å²) in [5.41, 5.74) is 0. The molecular formula is C5H9WY-3. The first kappa shape index (κ1) is 23.8. The SMILES string of the molecule is [CH-]=C[CH2-].[CH2-]C.[W].[Y]. The summed E-state index contributed by atoms with van der Waals surface area (Å²) < 4.78 is 0. The molecule has 0 N–H and O–H groups in total. The molecule has 0 amide bonds. The quantitative estimate of drug-likeness (QED) is 0.588. The molecule has 0 aromatic carbocycles. The molecular weight excluding hydrogens is 333 g/mol. The summed E-state index contributed by atoms with van der Waals surface area (Å²) in [6.07, 6.45) is 1.25. The molecule has 0 aliphatic rings. The third kappa shape index (κ3) is 110. The van der Waals surface area contributed by atoms with E-state index in [9.17, 15) is 0 Å². The minimum Gasteiger partial charge on any atom is -0.549 e. The molecule has 2 heteroatoms. The summed E-state index contributed by atoms with van der Waals surface area (Å²) in [5, 5.41) is 0. The second-order valence-electron chi connectivity index (χ2n) is 0.236. The van der Waals surface area contributed by atoms with Crippen LogP contribution >= 0.6 is 0 Å². The molecule has 0 heterocycles. The summed E-state index contributed by atoms with van der Waals surface area (Å²) >= 11 is 0. The Morgan fingerprint density at radius 2 is 1.43 bits per heavy atom. The Bertz CT molecular complexity index is 15.6. The molecule has 41 valence electrons. The van der Waals surface area contributed by atoms with Crippen LogP contribution in [0.1, 0.15) is 6.92 Å². The molecule has 0 saturated carbocycles. The third-order valence-electron chi connectivity index (χ3n) is 0. The Kier molecular flexibility index (Phi) is 178. The summed E-state index contributed by atoms with van der Waals surface area (Å²) in [6, 6.07) is 0. The zero-order valence-corrected chi connectivity index (χ0v) is 10.3. The monoisotopic (exact) mass is 342 g/mol. The van der Waals surface area contributed by atoms with Crippen LogP contribution in [0.25, 0.3) is 0 Å². The largest absolute Gasteiger partial charge is 0.549 e. The van der Waals surface area contributed by atoms with E-state index in [2.05, 4.69) is 20.4 Å². The summed E-state index contributed by atoms with van der Waals surface area (Å²) in [6.45, 7) is 12.8. The second kappa shape index (κ2) is 52.6. The van der Waals surface area contributed by atoms with Crippen LogP contribution in [0.15, 0.2) is 6.08 Å². The van der Waals surface area contributed by atoms with Crippen molar-refractivity contribution in [2.24, 2.45) is 0 Å². The van der Waals surface area contributed by atoms with E-state index in [1.807, 2.05) is 0 Å². The Hall–Kier alpha value is 1.40. The first-order chi connectivity index (χ1) is 2.41. The topological polar surface area (TPSA) is 0 Å². The fourth-order valence-corrected chi connectivity index (χ4v) is 0. The van der Waals surface area contributed by atoms with Gasteiger partial charge in [-0.3, -0.25) is 0 Å². The molecule has 0 rings (SSSR count). The van der Waals surface area contributed by atoms with Gasteiger partial charge in [0.15, 0.2) is 0 Å². The van der Waals surface area contributed by atoms with Crippen molar-refractivity contribution in [2.75, 3.05) is 0 Å². The van der Waals surface area contributed by atoms with Gasteiger partial charge in [-0.15, -0.1) is 0 Å². The van der Waals surface area contributed by atoms with Gasteiger partial charge in [-0.1, -0.05) is 0 Å². The summed E-state index contributed by atoms with van der Waals surface area (Å²) in [4.78, 5) is 0. The molecule has 0 aliphatic carbocycles. The maximum atomic E-state index is 4.61. The van der Waals surface area contributed by atoms with Crippen molar-refractivity contribution in [3.63, 3.8) is 0 Å². The van der Waals surface area contributed by atoms with Crippen LogP contribution in [-0.2, 0) is 53.8 Å². The average Bonchev–Trinajstić information content (AvgIpc) is 1.46. The molecule has 0 aromatic rings. The smallest absolute Gasteiger partial charge is 0 e. The van der Waals surface area contributed by atoms with Gasteiger partial charge in [0.2, 0.25) is 0 Å². The van der Waals surface area contributed by atoms with Gasteiger partial charge >= 0.3 is 0 Å². The van der Waals surface area contributed by atoms with Crippen LogP contribution in [-0.4, -0.2) is 0 Å². The van der Waals surface area contributed by atoms with Gasteiger partial charge in [-0.05, 0) is 0 Å². The van der Waals surface area contributed by atoms with E-state index in [-0.39, 0.29) is 53.8 Å². The zero-order chi connectivity index (χ0) is 4.71. The number of hydrogen-bond donors (Lipinski definition) is 0. The molecule has 0 saturated heterocycles. The van der Waals surface area contributed by atoms with E-state index in [1.165, 1.54) is 6.08 Å². The van der Waals surface area contributed by atoms with Crippen molar-refractivity contribution in [2.45, 2.75) is 6.92 Å². The number of hydrogen-bond acceptors (Lipinski definition) is 0. The van der Waals surface area contributed by atoms with Crippen LogP contribution < -0.4 is 0 Å². The number of rotatable bonds is 0.